The van der Waals surface area contributed by atoms with Gasteiger partial charge in [-0.05, 0) is 53.6 Å². The van der Waals surface area contributed by atoms with E-state index in [2.05, 4.69) is 0 Å². The summed E-state index contributed by atoms with van der Waals surface area (Å²) in [6, 6.07) is 21.7. The minimum atomic E-state index is -0.812. The number of esters is 1. The molecule has 0 saturated heterocycles. The van der Waals surface area contributed by atoms with Gasteiger partial charge in [-0.25, -0.2) is 4.79 Å². The van der Waals surface area contributed by atoms with Crippen molar-refractivity contribution < 1.29 is 24.9 Å². The molecule has 3 N–H and O–H groups in total. The number of fused-ring (bicyclic) bond motifs is 1. The first-order valence-electron chi connectivity index (χ1n) is 8.58. The maximum absolute atomic E-state index is 12.4. The molecule has 0 heterocycles. The fraction of sp³-hybridized carbons (Fsp3) is 0. The third kappa shape index (κ3) is 3.21. The summed E-state index contributed by atoms with van der Waals surface area (Å²) < 4.78 is 5.21. The number of phenolic OH excluding ortho intramolecular Hbond substituents is 3. The van der Waals surface area contributed by atoms with Gasteiger partial charge in [-0.2, -0.15) is 0 Å². The van der Waals surface area contributed by atoms with Crippen LogP contribution in [-0.4, -0.2) is 21.3 Å². The molecule has 138 valence electrons. The SMILES string of the molecule is O=C(Oc1ccc(O)cc1)c1cc(O)c2cc(-c3ccccc3)ccc2c1O. The molecule has 0 bridgehead atoms. The van der Waals surface area contributed by atoms with Gasteiger partial charge in [0.1, 0.15) is 28.6 Å². The monoisotopic (exact) mass is 372 g/mol. The Balaban J connectivity index is 1.73. The minimum Gasteiger partial charge on any atom is -0.508 e. The van der Waals surface area contributed by atoms with Crippen molar-refractivity contribution in [1.29, 1.82) is 0 Å². The highest BCUT2D eigenvalue weighted by Gasteiger charge is 2.19. The smallest absolute Gasteiger partial charge is 0.347 e. The van der Waals surface area contributed by atoms with Crippen molar-refractivity contribution in [2.75, 3.05) is 0 Å². The Morgan fingerprint density at radius 2 is 1.43 bits per heavy atom. The maximum Gasteiger partial charge on any atom is 0.347 e. The van der Waals surface area contributed by atoms with Crippen molar-refractivity contribution in [2.24, 2.45) is 0 Å². The van der Waals surface area contributed by atoms with Gasteiger partial charge >= 0.3 is 5.97 Å². The zero-order valence-corrected chi connectivity index (χ0v) is 14.7. The molecule has 0 radical (unpaired) electrons. The maximum atomic E-state index is 12.4. The third-order valence-corrected chi connectivity index (χ3v) is 4.46. The van der Waals surface area contributed by atoms with Crippen LogP contribution in [0.4, 0.5) is 0 Å². The summed E-state index contributed by atoms with van der Waals surface area (Å²) in [7, 11) is 0. The van der Waals surface area contributed by atoms with Crippen LogP contribution in [0.2, 0.25) is 0 Å². The molecule has 5 nitrogen and oxygen atoms in total. The minimum absolute atomic E-state index is 0.0419. The average molecular weight is 372 g/mol. The van der Waals surface area contributed by atoms with Crippen LogP contribution < -0.4 is 4.74 Å². The van der Waals surface area contributed by atoms with Crippen LogP contribution in [0.15, 0.2) is 78.9 Å². The van der Waals surface area contributed by atoms with E-state index in [4.69, 9.17) is 4.74 Å². The molecule has 0 fully saturated rings. The lowest BCUT2D eigenvalue weighted by atomic mass is 9.98. The lowest BCUT2D eigenvalue weighted by Gasteiger charge is -2.11. The van der Waals surface area contributed by atoms with E-state index in [1.165, 1.54) is 30.3 Å². The van der Waals surface area contributed by atoms with Gasteiger partial charge < -0.3 is 20.1 Å². The first-order chi connectivity index (χ1) is 13.5. The molecule has 0 amide bonds. The number of phenols is 3. The lowest BCUT2D eigenvalue weighted by molar-refractivity contribution is 0.0731. The second-order valence-corrected chi connectivity index (χ2v) is 6.30. The summed E-state index contributed by atoms with van der Waals surface area (Å²) in [4.78, 5) is 12.4. The first-order valence-corrected chi connectivity index (χ1v) is 8.58. The molecule has 0 aromatic heterocycles. The van der Waals surface area contributed by atoms with Crippen LogP contribution in [0.5, 0.6) is 23.0 Å². The van der Waals surface area contributed by atoms with E-state index in [9.17, 15) is 20.1 Å². The fourth-order valence-corrected chi connectivity index (χ4v) is 3.03. The van der Waals surface area contributed by atoms with Crippen LogP contribution in [0.1, 0.15) is 10.4 Å². The number of aromatic hydroxyl groups is 3. The Bertz CT molecular complexity index is 1170. The van der Waals surface area contributed by atoms with Crippen LogP contribution in [-0.2, 0) is 0 Å². The summed E-state index contributed by atoms with van der Waals surface area (Å²) in [5.74, 6) is -0.964. The van der Waals surface area contributed by atoms with E-state index in [1.54, 1.807) is 12.1 Å². The average Bonchev–Trinajstić information content (AvgIpc) is 2.72. The number of ether oxygens (including phenoxy) is 1. The number of benzene rings is 4. The number of hydrogen-bond acceptors (Lipinski definition) is 5. The molecular formula is C23H16O5. The number of rotatable bonds is 3. The Labute approximate surface area is 160 Å². The van der Waals surface area contributed by atoms with E-state index >= 15 is 0 Å². The lowest BCUT2D eigenvalue weighted by Crippen LogP contribution is -2.09. The van der Waals surface area contributed by atoms with E-state index in [0.717, 1.165) is 11.1 Å². The molecule has 0 aliphatic carbocycles. The number of carbonyl (C=O) groups excluding carboxylic acids is 1. The molecule has 4 aromatic carbocycles. The van der Waals surface area contributed by atoms with Gasteiger partial charge in [0.05, 0.1) is 0 Å². The molecule has 0 saturated carbocycles. The van der Waals surface area contributed by atoms with Crippen LogP contribution in [0.25, 0.3) is 21.9 Å². The molecule has 0 aliphatic rings. The van der Waals surface area contributed by atoms with Gasteiger partial charge in [0, 0.05) is 10.8 Å². The Morgan fingerprint density at radius 3 is 2.14 bits per heavy atom. The van der Waals surface area contributed by atoms with Gasteiger partial charge in [-0.3, -0.25) is 0 Å². The third-order valence-electron chi connectivity index (χ3n) is 4.46. The zero-order valence-electron chi connectivity index (χ0n) is 14.7. The largest absolute Gasteiger partial charge is 0.508 e. The zero-order chi connectivity index (χ0) is 19.7. The van der Waals surface area contributed by atoms with Crippen molar-refractivity contribution in [3.05, 3.63) is 84.4 Å². The van der Waals surface area contributed by atoms with Gasteiger partial charge in [-0.1, -0.05) is 36.4 Å². The Hall–Kier alpha value is -3.99. The van der Waals surface area contributed by atoms with Crippen molar-refractivity contribution >= 4 is 16.7 Å². The molecular weight excluding hydrogens is 356 g/mol. The van der Waals surface area contributed by atoms with Crippen molar-refractivity contribution in [3.8, 4) is 34.1 Å². The van der Waals surface area contributed by atoms with Crippen molar-refractivity contribution in [1.82, 2.24) is 0 Å². The molecule has 4 aromatic rings. The predicted octanol–water partition coefficient (Wildman–Crippen LogP) is 4.84. The number of hydrogen-bond donors (Lipinski definition) is 3. The van der Waals surface area contributed by atoms with Crippen molar-refractivity contribution in [2.45, 2.75) is 0 Å². The van der Waals surface area contributed by atoms with Gasteiger partial charge in [0.15, 0.2) is 0 Å². The molecule has 0 spiro atoms. The first kappa shape index (κ1) is 17.4. The second kappa shape index (κ2) is 6.96. The summed E-state index contributed by atoms with van der Waals surface area (Å²) in [6.45, 7) is 0. The molecule has 28 heavy (non-hydrogen) atoms. The van der Waals surface area contributed by atoms with Crippen LogP contribution in [0, 0.1) is 0 Å². The number of carbonyl (C=O) groups is 1. The summed E-state index contributed by atoms with van der Waals surface area (Å²) in [5, 5.41) is 31.1. The van der Waals surface area contributed by atoms with E-state index in [1.807, 2.05) is 36.4 Å². The van der Waals surface area contributed by atoms with Crippen LogP contribution >= 0.6 is 0 Å². The Morgan fingerprint density at radius 1 is 0.714 bits per heavy atom. The molecule has 4 rings (SSSR count). The second-order valence-electron chi connectivity index (χ2n) is 6.30. The standard InChI is InChI=1S/C23H16O5/c24-16-7-9-17(10-8-16)28-23(27)20-13-21(25)19-12-15(6-11-18(19)22(20)26)14-4-2-1-3-5-14/h1-13,24-26H. The van der Waals surface area contributed by atoms with Crippen molar-refractivity contribution in [3.63, 3.8) is 0 Å². The van der Waals surface area contributed by atoms with Gasteiger partial charge in [0.2, 0.25) is 0 Å². The molecule has 0 unspecified atom stereocenters. The highest BCUT2D eigenvalue weighted by Crippen LogP contribution is 2.38. The quantitative estimate of drug-likeness (QED) is 0.272. The summed E-state index contributed by atoms with van der Waals surface area (Å²) in [5.41, 5.74) is 1.70. The fourth-order valence-electron chi connectivity index (χ4n) is 3.03. The predicted molar refractivity (Wildman–Crippen MR) is 106 cm³/mol. The highest BCUT2D eigenvalue weighted by atomic mass is 16.5. The Kier molecular flexibility index (Phi) is 4.33. The van der Waals surface area contributed by atoms with E-state index in [0.29, 0.717) is 10.8 Å². The summed E-state index contributed by atoms with van der Waals surface area (Å²) >= 11 is 0. The van der Waals surface area contributed by atoms with E-state index < -0.39 is 5.97 Å². The molecule has 0 aliphatic heterocycles. The highest BCUT2D eigenvalue weighted by molar-refractivity contribution is 6.05. The topological polar surface area (TPSA) is 87.0 Å². The molecule has 0 atom stereocenters. The normalized spacial score (nSPS) is 10.7. The summed E-state index contributed by atoms with van der Waals surface area (Å²) in [6.07, 6.45) is 0. The van der Waals surface area contributed by atoms with E-state index in [-0.39, 0.29) is 28.6 Å². The van der Waals surface area contributed by atoms with Gasteiger partial charge in [-0.15, -0.1) is 0 Å². The van der Waals surface area contributed by atoms with Gasteiger partial charge in [0.25, 0.3) is 0 Å². The molecule has 5 heteroatoms. The van der Waals surface area contributed by atoms with Crippen LogP contribution in [0.3, 0.4) is 0 Å².